The molecule has 0 bridgehead atoms. The van der Waals surface area contributed by atoms with Crippen LogP contribution in [0.4, 0.5) is 11.5 Å². The van der Waals surface area contributed by atoms with Crippen LogP contribution in [0, 0.1) is 0 Å². The van der Waals surface area contributed by atoms with Gasteiger partial charge in [-0.25, -0.2) is 9.97 Å². The molecule has 8 heteroatoms. The predicted molar refractivity (Wildman–Crippen MR) is 120 cm³/mol. The van der Waals surface area contributed by atoms with E-state index in [0.717, 1.165) is 23.4 Å². The second-order valence-corrected chi connectivity index (χ2v) is 8.16. The smallest absolute Gasteiger partial charge is 0.245 e. The number of carbonyl (C=O) groups is 2. The van der Waals surface area contributed by atoms with Gasteiger partial charge in [0.05, 0.1) is 5.69 Å². The van der Waals surface area contributed by atoms with Crippen LogP contribution in [0.2, 0.25) is 0 Å². The molecule has 0 spiro atoms. The number of pyridine rings is 1. The molecule has 2 aromatic heterocycles. The molecular weight excluding hydrogens is 404 g/mol. The highest BCUT2D eigenvalue weighted by Gasteiger charge is 2.35. The molecule has 162 valence electrons. The molecular formula is C24H24N6O2. The van der Waals surface area contributed by atoms with Gasteiger partial charge in [0.1, 0.15) is 17.7 Å². The first-order valence-electron chi connectivity index (χ1n) is 10.9. The second kappa shape index (κ2) is 8.74. The van der Waals surface area contributed by atoms with Crippen LogP contribution in [-0.2, 0) is 9.59 Å². The number of likely N-dealkylation sites (tertiary alicyclic amines) is 1. The highest BCUT2D eigenvalue weighted by atomic mass is 16.2. The summed E-state index contributed by atoms with van der Waals surface area (Å²) in [5.41, 5.74) is 2.63. The van der Waals surface area contributed by atoms with Gasteiger partial charge in [-0.05, 0) is 37.1 Å². The zero-order valence-corrected chi connectivity index (χ0v) is 17.6. The van der Waals surface area contributed by atoms with Crippen molar-refractivity contribution in [3.63, 3.8) is 0 Å². The largest absolute Gasteiger partial charge is 0.344 e. The molecule has 2 fully saturated rings. The van der Waals surface area contributed by atoms with E-state index < -0.39 is 6.04 Å². The second-order valence-electron chi connectivity index (χ2n) is 8.16. The monoisotopic (exact) mass is 428 g/mol. The number of carbonyl (C=O) groups excluding carboxylic acids is 2. The van der Waals surface area contributed by atoms with E-state index in [1.54, 1.807) is 12.4 Å². The Morgan fingerprint density at radius 2 is 1.97 bits per heavy atom. The zero-order valence-electron chi connectivity index (χ0n) is 17.6. The van der Waals surface area contributed by atoms with Gasteiger partial charge in [0, 0.05) is 55.1 Å². The Bertz CT molecular complexity index is 1120. The first-order chi connectivity index (χ1) is 15.7. The summed E-state index contributed by atoms with van der Waals surface area (Å²) in [5, 5.41) is 6.14. The minimum absolute atomic E-state index is 0.00982. The number of nitrogens with zero attached hydrogens (tertiary/aromatic N) is 4. The topological polar surface area (TPSA) is 100 Å². The molecule has 2 amide bonds. The number of benzene rings is 1. The normalized spacial score (nSPS) is 20.2. The van der Waals surface area contributed by atoms with E-state index in [0.29, 0.717) is 37.6 Å². The maximum Gasteiger partial charge on any atom is 0.245 e. The molecule has 32 heavy (non-hydrogen) atoms. The van der Waals surface area contributed by atoms with E-state index in [1.807, 2.05) is 53.4 Å². The van der Waals surface area contributed by atoms with Gasteiger partial charge in [-0.1, -0.05) is 18.2 Å². The molecule has 3 aromatic rings. The minimum Gasteiger partial charge on any atom is -0.344 e. The first kappa shape index (κ1) is 20.1. The summed E-state index contributed by atoms with van der Waals surface area (Å²) in [6.07, 6.45) is 5.28. The molecule has 5 rings (SSSR count). The SMILES string of the molecule is O=C1CC[C@H](C(=O)N2CC[C@H](c3nc(Nc4ccccc4)cc(-c4cccnc4)n3)C2)N1. The number of rotatable bonds is 5. The number of nitrogens with one attached hydrogen (secondary N) is 2. The number of hydrogen-bond acceptors (Lipinski definition) is 6. The Hall–Kier alpha value is -3.81. The van der Waals surface area contributed by atoms with Crippen molar-refractivity contribution in [1.82, 2.24) is 25.2 Å². The van der Waals surface area contributed by atoms with E-state index in [4.69, 9.17) is 9.97 Å². The molecule has 2 aliphatic heterocycles. The predicted octanol–water partition coefficient (Wildman–Crippen LogP) is 2.88. The maximum absolute atomic E-state index is 12.8. The number of anilines is 2. The van der Waals surface area contributed by atoms with E-state index in [1.165, 1.54) is 0 Å². The van der Waals surface area contributed by atoms with Gasteiger partial charge in [0.15, 0.2) is 0 Å². The summed E-state index contributed by atoms with van der Waals surface area (Å²) < 4.78 is 0. The first-order valence-corrected chi connectivity index (χ1v) is 10.9. The number of para-hydroxylation sites is 1. The third-order valence-electron chi connectivity index (χ3n) is 5.91. The van der Waals surface area contributed by atoms with Gasteiger partial charge < -0.3 is 15.5 Å². The molecule has 2 aliphatic rings. The van der Waals surface area contributed by atoms with E-state index >= 15 is 0 Å². The van der Waals surface area contributed by atoms with Crippen LogP contribution < -0.4 is 10.6 Å². The lowest BCUT2D eigenvalue weighted by Crippen LogP contribution is -2.43. The van der Waals surface area contributed by atoms with Crippen molar-refractivity contribution in [1.29, 1.82) is 0 Å². The average molecular weight is 428 g/mol. The fourth-order valence-corrected chi connectivity index (χ4v) is 4.23. The fraction of sp³-hybridized carbons (Fsp3) is 0.292. The highest BCUT2D eigenvalue weighted by Crippen LogP contribution is 2.30. The van der Waals surface area contributed by atoms with Crippen LogP contribution in [-0.4, -0.2) is 50.8 Å². The van der Waals surface area contributed by atoms with Gasteiger partial charge in [0.25, 0.3) is 0 Å². The van der Waals surface area contributed by atoms with E-state index in [-0.39, 0.29) is 17.7 Å². The van der Waals surface area contributed by atoms with Gasteiger partial charge in [-0.2, -0.15) is 0 Å². The molecule has 0 radical (unpaired) electrons. The lowest BCUT2D eigenvalue weighted by Gasteiger charge is -2.20. The Morgan fingerprint density at radius 3 is 2.72 bits per heavy atom. The number of amides is 2. The van der Waals surface area contributed by atoms with Crippen molar-refractivity contribution in [3.05, 3.63) is 66.7 Å². The molecule has 0 saturated carbocycles. The molecule has 1 aromatic carbocycles. The van der Waals surface area contributed by atoms with E-state index in [2.05, 4.69) is 15.6 Å². The lowest BCUT2D eigenvalue weighted by molar-refractivity contribution is -0.133. The Kier molecular flexibility index (Phi) is 5.49. The van der Waals surface area contributed by atoms with Crippen molar-refractivity contribution in [2.24, 2.45) is 0 Å². The Labute approximate surface area is 186 Å². The fourth-order valence-electron chi connectivity index (χ4n) is 4.23. The maximum atomic E-state index is 12.8. The van der Waals surface area contributed by atoms with Crippen LogP contribution in [0.5, 0.6) is 0 Å². The third kappa shape index (κ3) is 4.30. The molecule has 2 N–H and O–H groups in total. The van der Waals surface area contributed by atoms with Crippen molar-refractivity contribution >= 4 is 23.3 Å². The minimum atomic E-state index is -0.404. The highest BCUT2D eigenvalue weighted by molar-refractivity contribution is 5.91. The summed E-state index contributed by atoms with van der Waals surface area (Å²) in [5.74, 6) is 1.38. The number of aromatic nitrogens is 3. The molecule has 0 aliphatic carbocycles. The quantitative estimate of drug-likeness (QED) is 0.648. The van der Waals surface area contributed by atoms with Crippen LogP contribution in [0.1, 0.15) is 31.0 Å². The van der Waals surface area contributed by atoms with Crippen molar-refractivity contribution in [2.45, 2.75) is 31.2 Å². The molecule has 2 atom stereocenters. The van der Waals surface area contributed by atoms with Crippen molar-refractivity contribution in [2.75, 3.05) is 18.4 Å². The van der Waals surface area contributed by atoms with Crippen LogP contribution >= 0.6 is 0 Å². The summed E-state index contributed by atoms with van der Waals surface area (Å²) in [6.45, 7) is 1.18. The molecule has 2 saturated heterocycles. The van der Waals surface area contributed by atoms with Gasteiger partial charge >= 0.3 is 0 Å². The summed E-state index contributed by atoms with van der Waals surface area (Å²) >= 11 is 0. The van der Waals surface area contributed by atoms with Gasteiger partial charge in [-0.15, -0.1) is 0 Å². The van der Waals surface area contributed by atoms with Crippen LogP contribution in [0.25, 0.3) is 11.3 Å². The van der Waals surface area contributed by atoms with Crippen LogP contribution in [0.15, 0.2) is 60.9 Å². The van der Waals surface area contributed by atoms with Gasteiger partial charge in [0.2, 0.25) is 11.8 Å². The Balaban J connectivity index is 1.40. The third-order valence-corrected chi connectivity index (χ3v) is 5.91. The summed E-state index contributed by atoms with van der Waals surface area (Å²) in [7, 11) is 0. The summed E-state index contributed by atoms with van der Waals surface area (Å²) in [4.78, 5) is 40.0. The van der Waals surface area contributed by atoms with Crippen LogP contribution in [0.3, 0.4) is 0 Å². The lowest BCUT2D eigenvalue weighted by atomic mass is 10.1. The Morgan fingerprint density at radius 1 is 1.09 bits per heavy atom. The molecule has 0 unspecified atom stereocenters. The number of hydrogen-bond donors (Lipinski definition) is 2. The standard InChI is InChI=1S/C24H24N6O2/c31-22-9-8-19(27-22)24(32)30-12-10-17(15-30)23-28-20(16-5-4-11-25-14-16)13-21(29-23)26-18-6-2-1-3-7-18/h1-7,11,13-14,17,19H,8-10,12,15H2,(H,27,31)(H,26,28,29)/t17-,19+/m0/s1. The zero-order chi connectivity index (χ0) is 21.9. The average Bonchev–Trinajstić information content (AvgIpc) is 3.49. The molecule has 8 nitrogen and oxygen atoms in total. The molecule has 4 heterocycles. The van der Waals surface area contributed by atoms with Crippen molar-refractivity contribution < 1.29 is 9.59 Å². The van der Waals surface area contributed by atoms with E-state index in [9.17, 15) is 9.59 Å². The van der Waals surface area contributed by atoms with Crippen molar-refractivity contribution in [3.8, 4) is 11.3 Å². The van der Waals surface area contributed by atoms with Gasteiger partial charge in [-0.3, -0.25) is 14.6 Å². The summed E-state index contributed by atoms with van der Waals surface area (Å²) in [6, 6.07) is 15.2.